The molecule has 1 aromatic carbocycles. The molecule has 1 saturated carbocycles. The highest BCUT2D eigenvalue weighted by Gasteiger charge is 2.49. The van der Waals surface area contributed by atoms with Crippen molar-refractivity contribution >= 4 is 23.4 Å². The predicted octanol–water partition coefficient (Wildman–Crippen LogP) is 2.89. The first kappa shape index (κ1) is 16.3. The summed E-state index contributed by atoms with van der Waals surface area (Å²) in [4.78, 5) is 27.3. The van der Waals surface area contributed by atoms with Crippen LogP contribution in [-0.4, -0.2) is 36.3 Å². The van der Waals surface area contributed by atoms with Gasteiger partial charge < -0.3 is 10.2 Å². The molecule has 1 N–H and O–H groups in total. The molecule has 2 fully saturated rings. The van der Waals surface area contributed by atoms with Crippen LogP contribution in [0, 0.1) is 0 Å². The molecule has 1 atom stereocenters. The van der Waals surface area contributed by atoms with Gasteiger partial charge in [-0.1, -0.05) is 30.2 Å². The summed E-state index contributed by atoms with van der Waals surface area (Å²) < 4.78 is 0. The zero-order valence-corrected chi connectivity index (χ0v) is 14.2. The molecule has 0 bridgehead atoms. The van der Waals surface area contributed by atoms with Crippen LogP contribution >= 0.6 is 11.6 Å². The van der Waals surface area contributed by atoms with Crippen LogP contribution in [-0.2, 0) is 15.0 Å². The molecule has 2 aliphatic rings. The number of carbonyl (C=O) groups is 2. The summed E-state index contributed by atoms with van der Waals surface area (Å²) in [5.74, 6) is 0.0583. The first-order valence-electron chi connectivity index (χ1n) is 8.37. The quantitative estimate of drug-likeness (QED) is 0.924. The Morgan fingerprint density at radius 2 is 1.87 bits per heavy atom. The van der Waals surface area contributed by atoms with Crippen molar-refractivity contribution in [1.29, 1.82) is 0 Å². The maximum atomic E-state index is 13.3. The highest BCUT2D eigenvalue weighted by atomic mass is 35.5. The number of hydrogen-bond acceptors (Lipinski definition) is 2. The Labute approximate surface area is 142 Å². The minimum Gasteiger partial charge on any atom is -0.357 e. The van der Waals surface area contributed by atoms with E-state index in [1.54, 1.807) is 7.05 Å². The van der Waals surface area contributed by atoms with E-state index in [2.05, 4.69) is 5.32 Å². The molecular formula is C18H23ClN2O2. The Balaban J connectivity index is 1.89. The number of halogens is 1. The summed E-state index contributed by atoms with van der Waals surface area (Å²) in [6.45, 7) is 0.673. The number of hydrogen-bond donors (Lipinski definition) is 1. The minimum atomic E-state index is -0.464. The van der Waals surface area contributed by atoms with Gasteiger partial charge in [0.1, 0.15) is 6.04 Å². The third-order valence-corrected chi connectivity index (χ3v) is 5.58. The van der Waals surface area contributed by atoms with Crippen molar-refractivity contribution in [3.8, 4) is 0 Å². The van der Waals surface area contributed by atoms with Gasteiger partial charge in [0.05, 0.1) is 5.41 Å². The number of nitrogens with zero attached hydrogens (tertiary/aromatic N) is 1. The van der Waals surface area contributed by atoms with E-state index < -0.39 is 5.41 Å². The van der Waals surface area contributed by atoms with Crippen LogP contribution in [0.15, 0.2) is 24.3 Å². The number of piperidine rings is 1. The van der Waals surface area contributed by atoms with Crippen molar-refractivity contribution < 1.29 is 9.59 Å². The maximum absolute atomic E-state index is 13.3. The second kappa shape index (κ2) is 6.52. The topological polar surface area (TPSA) is 49.4 Å². The van der Waals surface area contributed by atoms with Crippen molar-refractivity contribution in [3.63, 3.8) is 0 Å². The molecule has 1 heterocycles. The van der Waals surface area contributed by atoms with Gasteiger partial charge in [0.25, 0.3) is 0 Å². The van der Waals surface area contributed by atoms with Crippen LogP contribution in [0.3, 0.4) is 0 Å². The van der Waals surface area contributed by atoms with E-state index in [4.69, 9.17) is 11.6 Å². The molecular weight excluding hydrogens is 312 g/mol. The Morgan fingerprint density at radius 3 is 2.43 bits per heavy atom. The monoisotopic (exact) mass is 334 g/mol. The molecule has 1 aliphatic carbocycles. The van der Waals surface area contributed by atoms with Crippen molar-refractivity contribution in [2.24, 2.45) is 0 Å². The van der Waals surface area contributed by atoms with Crippen molar-refractivity contribution in [2.45, 2.75) is 50.0 Å². The molecule has 0 spiro atoms. The van der Waals surface area contributed by atoms with Gasteiger partial charge >= 0.3 is 0 Å². The van der Waals surface area contributed by atoms with E-state index in [9.17, 15) is 9.59 Å². The second-order valence-electron chi connectivity index (χ2n) is 6.57. The smallest absolute Gasteiger partial charge is 0.242 e. The Bertz CT molecular complexity index is 596. The normalized spacial score (nSPS) is 23.0. The van der Waals surface area contributed by atoms with Gasteiger partial charge in [-0.2, -0.15) is 0 Å². The zero-order chi connectivity index (χ0) is 16.4. The van der Waals surface area contributed by atoms with Gasteiger partial charge in [-0.25, -0.2) is 0 Å². The summed E-state index contributed by atoms with van der Waals surface area (Å²) in [6.07, 6.45) is 5.47. The summed E-state index contributed by atoms with van der Waals surface area (Å²) in [5, 5.41) is 3.38. The van der Waals surface area contributed by atoms with E-state index in [1.165, 1.54) is 0 Å². The van der Waals surface area contributed by atoms with E-state index >= 15 is 0 Å². The maximum Gasteiger partial charge on any atom is 0.242 e. The van der Waals surface area contributed by atoms with Gasteiger partial charge in [0, 0.05) is 18.6 Å². The Morgan fingerprint density at radius 1 is 1.17 bits per heavy atom. The lowest BCUT2D eigenvalue weighted by Gasteiger charge is -2.47. The van der Waals surface area contributed by atoms with Crippen LogP contribution < -0.4 is 5.32 Å². The molecule has 2 amide bonds. The molecule has 0 radical (unpaired) electrons. The third-order valence-electron chi connectivity index (χ3n) is 5.33. The lowest BCUT2D eigenvalue weighted by Crippen LogP contribution is -2.58. The standard InChI is InChI=1S/C18H23ClN2O2/c1-20-16(22)15-5-2-3-12-21(15)17(23)18(10-4-11-18)13-6-8-14(19)9-7-13/h6-9,15H,2-5,10-12H2,1H3,(H,20,22)/t15-/m1/s1. The van der Waals surface area contributed by atoms with Crippen molar-refractivity contribution in [3.05, 3.63) is 34.9 Å². The number of benzene rings is 1. The molecule has 0 unspecified atom stereocenters. The molecule has 1 saturated heterocycles. The lowest BCUT2D eigenvalue weighted by atomic mass is 9.63. The summed E-state index contributed by atoms with van der Waals surface area (Å²) in [6, 6.07) is 7.27. The third kappa shape index (κ3) is 2.85. The van der Waals surface area contributed by atoms with Crippen LogP contribution in [0.25, 0.3) is 0 Å². The molecule has 0 aromatic heterocycles. The van der Waals surface area contributed by atoms with E-state index in [1.807, 2.05) is 29.2 Å². The lowest BCUT2D eigenvalue weighted by molar-refractivity contribution is -0.149. The van der Waals surface area contributed by atoms with Crippen LogP contribution in [0.5, 0.6) is 0 Å². The molecule has 1 aromatic rings. The number of likely N-dealkylation sites (tertiary alicyclic amines) is 1. The number of amides is 2. The van der Waals surface area contributed by atoms with E-state index in [0.717, 1.165) is 44.1 Å². The van der Waals surface area contributed by atoms with Gasteiger partial charge in [0.15, 0.2) is 0 Å². The largest absolute Gasteiger partial charge is 0.357 e. The van der Waals surface area contributed by atoms with Crippen LogP contribution in [0.4, 0.5) is 0 Å². The minimum absolute atomic E-state index is 0.0522. The van der Waals surface area contributed by atoms with Gasteiger partial charge in [-0.15, -0.1) is 0 Å². The fraction of sp³-hybridized carbons (Fsp3) is 0.556. The zero-order valence-electron chi connectivity index (χ0n) is 13.5. The average molecular weight is 335 g/mol. The number of nitrogens with one attached hydrogen (secondary N) is 1. The first-order valence-corrected chi connectivity index (χ1v) is 8.75. The molecule has 3 rings (SSSR count). The molecule has 124 valence electrons. The fourth-order valence-electron chi connectivity index (χ4n) is 3.81. The highest BCUT2D eigenvalue weighted by molar-refractivity contribution is 6.30. The number of rotatable bonds is 3. The first-order chi connectivity index (χ1) is 11.1. The number of likely N-dealkylation sites (N-methyl/N-ethyl adjacent to an activating group) is 1. The summed E-state index contributed by atoms with van der Waals surface area (Å²) in [7, 11) is 1.64. The van der Waals surface area contributed by atoms with Crippen molar-refractivity contribution in [1.82, 2.24) is 10.2 Å². The van der Waals surface area contributed by atoms with E-state index in [-0.39, 0.29) is 17.9 Å². The molecule has 1 aliphatic heterocycles. The van der Waals surface area contributed by atoms with Gasteiger partial charge in [-0.3, -0.25) is 9.59 Å². The summed E-state index contributed by atoms with van der Waals surface area (Å²) >= 11 is 5.99. The SMILES string of the molecule is CNC(=O)[C@H]1CCCCN1C(=O)C1(c2ccc(Cl)cc2)CCC1. The number of carbonyl (C=O) groups excluding carboxylic acids is 2. The predicted molar refractivity (Wildman–Crippen MR) is 90.4 cm³/mol. The summed E-state index contributed by atoms with van der Waals surface area (Å²) in [5.41, 5.74) is 0.563. The Hall–Kier alpha value is -1.55. The Kier molecular flexibility index (Phi) is 4.62. The fourth-order valence-corrected chi connectivity index (χ4v) is 3.94. The van der Waals surface area contributed by atoms with Gasteiger partial charge in [0.2, 0.25) is 11.8 Å². The van der Waals surface area contributed by atoms with Crippen molar-refractivity contribution in [2.75, 3.05) is 13.6 Å². The van der Waals surface area contributed by atoms with E-state index in [0.29, 0.717) is 11.6 Å². The molecule has 23 heavy (non-hydrogen) atoms. The second-order valence-corrected chi connectivity index (χ2v) is 7.00. The molecule has 5 heteroatoms. The van der Waals surface area contributed by atoms with Crippen LogP contribution in [0.1, 0.15) is 44.1 Å². The average Bonchev–Trinajstić information content (AvgIpc) is 2.54. The van der Waals surface area contributed by atoms with Gasteiger partial charge in [-0.05, 0) is 49.8 Å². The molecule has 4 nitrogen and oxygen atoms in total. The van der Waals surface area contributed by atoms with Crippen LogP contribution in [0.2, 0.25) is 5.02 Å². The highest BCUT2D eigenvalue weighted by Crippen LogP contribution is 2.46.